The molecule has 0 spiro atoms. The van der Waals surface area contributed by atoms with Crippen LogP contribution >= 0.6 is 0 Å². The fourth-order valence-corrected chi connectivity index (χ4v) is 1.78. The minimum Gasteiger partial charge on any atom is -0.508 e. The zero-order valence-corrected chi connectivity index (χ0v) is 9.72. The average molecular weight is 225 g/mol. The van der Waals surface area contributed by atoms with Crippen molar-refractivity contribution in [1.29, 1.82) is 0 Å². The number of aliphatic hydroxyl groups excluding tert-OH is 2. The van der Waals surface area contributed by atoms with E-state index in [1.54, 1.807) is 12.1 Å². The van der Waals surface area contributed by atoms with Crippen LogP contribution in [0.3, 0.4) is 0 Å². The summed E-state index contributed by atoms with van der Waals surface area (Å²) in [6.07, 6.45) is 0.628. The number of aromatic hydroxyl groups is 1. The van der Waals surface area contributed by atoms with Crippen molar-refractivity contribution in [2.24, 2.45) is 0 Å². The van der Waals surface area contributed by atoms with Crippen LogP contribution in [0.5, 0.6) is 5.75 Å². The zero-order chi connectivity index (χ0) is 12.1. The largest absolute Gasteiger partial charge is 0.508 e. The van der Waals surface area contributed by atoms with Crippen molar-refractivity contribution in [3.63, 3.8) is 0 Å². The number of aliphatic hydroxyl groups is 2. The second-order valence-corrected chi connectivity index (χ2v) is 4.04. The van der Waals surface area contributed by atoms with Crippen LogP contribution in [0.1, 0.15) is 23.6 Å². The standard InChI is InChI=1S/C12H19NO3/c1-13(2)11(5-6-14)9-3-4-12(16)10(7-9)8-15/h3-4,7,11,14-16H,5-6,8H2,1-2H3. The minimum absolute atomic E-state index is 0.0934. The molecule has 0 saturated heterocycles. The van der Waals surface area contributed by atoms with E-state index >= 15 is 0 Å². The summed E-state index contributed by atoms with van der Waals surface area (Å²) in [6.45, 7) is -0.0723. The highest BCUT2D eigenvalue weighted by atomic mass is 16.3. The third-order valence-electron chi connectivity index (χ3n) is 2.68. The first-order chi connectivity index (χ1) is 7.60. The lowest BCUT2D eigenvalue weighted by atomic mass is 10.0. The topological polar surface area (TPSA) is 63.9 Å². The van der Waals surface area contributed by atoms with Gasteiger partial charge in [0, 0.05) is 18.2 Å². The zero-order valence-electron chi connectivity index (χ0n) is 9.72. The highest BCUT2D eigenvalue weighted by Gasteiger charge is 2.14. The summed E-state index contributed by atoms with van der Waals surface area (Å²) in [4.78, 5) is 2.00. The van der Waals surface area contributed by atoms with Crippen LogP contribution < -0.4 is 0 Å². The molecule has 0 fully saturated rings. The Balaban J connectivity index is 3.00. The fourth-order valence-electron chi connectivity index (χ4n) is 1.78. The maximum absolute atomic E-state index is 9.46. The molecule has 90 valence electrons. The number of hydrogen-bond donors (Lipinski definition) is 3. The summed E-state index contributed by atoms with van der Waals surface area (Å²) in [6, 6.07) is 5.26. The Morgan fingerprint density at radius 3 is 2.44 bits per heavy atom. The Bertz CT molecular complexity index is 339. The number of phenols is 1. The molecule has 0 heterocycles. The van der Waals surface area contributed by atoms with E-state index in [1.165, 1.54) is 0 Å². The third-order valence-corrected chi connectivity index (χ3v) is 2.68. The Hall–Kier alpha value is -1.10. The van der Waals surface area contributed by atoms with E-state index in [9.17, 15) is 5.11 Å². The van der Waals surface area contributed by atoms with Crippen molar-refractivity contribution in [2.45, 2.75) is 19.1 Å². The molecule has 0 radical (unpaired) electrons. The van der Waals surface area contributed by atoms with Gasteiger partial charge in [-0.1, -0.05) is 6.07 Å². The first-order valence-corrected chi connectivity index (χ1v) is 5.30. The van der Waals surface area contributed by atoms with Gasteiger partial charge in [0.05, 0.1) is 6.61 Å². The molecule has 0 aliphatic carbocycles. The quantitative estimate of drug-likeness (QED) is 0.695. The molecule has 1 unspecified atom stereocenters. The van der Waals surface area contributed by atoms with Gasteiger partial charge in [0.1, 0.15) is 5.75 Å². The lowest BCUT2D eigenvalue weighted by Gasteiger charge is -2.24. The van der Waals surface area contributed by atoms with Gasteiger partial charge in [-0.05, 0) is 38.2 Å². The minimum atomic E-state index is -0.182. The van der Waals surface area contributed by atoms with Crippen LogP contribution in [-0.2, 0) is 6.61 Å². The molecule has 1 rings (SSSR count). The van der Waals surface area contributed by atoms with Gasteiger partial charge in [-0.2, -0.15) is 0 Å². The second-order valence-electron chi connectivity index (χ2n) is 4.04. The van der Waals surface area contributed by atoms with E-state index in [0.29, 0.717) is 12.0 Å². The smallest absolute Gasteiger partial charge is 0.121 e. The van der Waals surface area contributed by atoms with Gasteiger partial charge in [0.2, 0.25) is 0 Å². The van der Waals surface area contributed by atoms with Crippen LogP contribution in [0.4, 0.5) is 0 Å². The van der Waals surface area contributed by atoms with Crippen LogP contribution in [0, 0.1) is 0 Å². The summed E-state index contributed by atoms with van der Waals surface area (Å²) < 4.78 is 0. The highest BCUT2D eigenvalue weighted by Crippen LogP contribution is 2.26. The Morgan fingerprint density at radius 1 is 1.25 bits per heavy atom. The van der Waals surface area contributed by atoms with Crippen LogP contribution in [0.15, 0.2) is 18.2 Å². The number of benzene rings is 1. The molecule has 1 atom stereocenters. The van der Waals surface area contributed by atoms with E-state index < -0.39 is 0 Å². The van der Waals surface area contributed by atoms with Gasteiger partial charge in [0.15, 0.2) is 0 Å². The first-order valence-electron chi connectivity index (χ1n) is 5.30. The lowest BCUT2D eigenvalue weighted by Crippen LogP contribution is -2.21. The summed E-state index contributed by atoms with van der Waals surface area (Å²) in [5.74, 6) is 0.104. The van der Waals surface area contributed by atoms with Crippen molar-refractivity contribution in [3.05, 3.63) is 29.3 Å². The second kappa shape index (κ2) is 5.84. The number of rotatable bonds is 5. The van der Waals surface area contributed by atoms with Gasteiger partial charge in [-0.25, -0.2) is 0 Å². The molecule has 0 aliphatic rings. The van der Waals surface area contributed by atoms with E-state index in [2.05, 4.69) is 0 Å². The third kappa shape index (κ3) is 2.95. The molecular formula is C12H19NO3. The molecule has 4 heteroatoms. The summed E-state index contributed by atoms with van der Waals surface area (Å²) >= 11 is 0. The van der Waals surface area contributed by atoms with Crippen molar-refractivity contribution < 1.29 is 15.3 Å². The molecule has 0 aliphatic heterocycles. The first kappa shape index (κ1) is 13.0. The molecular weight excluding hydrogens is 206 g/mol. The van der Waals surface area contributed by atoms with Gasteiger partial charge in [-0.15, -0.1) is 0 Å². The molecule has 16 heavy (non-hydrogen) atoms. The maximum atomic E-state index is 9.46. The molecule has 1 aromatic rings. The number of hydrogen-bond acceptors (Lipinski definition) is 4. The van der Waals surface area contributed by atoms with Crippen molar-refractivity contribution in [1.82, 2.24) is 4.90 Å². The fraction of sp³-hybridized carbons (Fsp3) is 0.500. The van der Waals surface area contributed by atoms with E-state index in [-0.39, 0.29) is 25.0 Å². The van der Waals surface area contributed by atoms with Gasteiger partial charge < -0.3 is 20.2 Å². The molecule has 3 N–H and O–H groups in total. The van der Waals surface area contributed by atoms with E-state index in [0.717, 1.165) is 5.56 Å². The SMILES string of the molecule is CN(C)C(CCO)c1ccc(O)c(CO)c1. The highest BCUT2D eigenvalue weighted by molar-refractivity contribution is 5.36. The predicted molar refractivity (Wildman–Crippen MR) is 62.2 cm³/mol. The Morgan fingerprint density at radius 2 is 1.94 bits per heavy atom. The Kier molecular flexibility index (Phi) is 4.73. The molecule has 1 aromatic carbocycles. The maximum Gasteiger partial charge on any atom is 0.121 e. The monoisotopic (exact) mass is 225 g/mol. The Labute approximate surface area is 95.8 Å². The van der Waals surface area contributed by atoms with Crippen molar-refractivity contribution in [2.75, 3.05) is 20.7 Å². The predicted octanol–water partition coefficient (Wildman–Crippen LogP) is 0.870. The molecule has 0 bridgehead atoms. The van der Waals surface area contributed by atoms with Gasteiger partial charge >= 0.3 is 0 Å². The lowest BCUT2D eigenvalue weighted by molar-refractivity contribution is 0.210. The van der Waals surface area contributed by atoms with E-state index in [4.69, 9.17) is 10.2 Å². The molecule has 0 saturated carbocycles. The summed E-state index contributed by atoms with van der Waals surface area (Å²) in [5.41, 5.74) is 1.50. The summed E-state index contributed by atoms with van der Waals surface area (Å²) in [5, 5.41) is 27.5. The van der Waals surface area contributed by atoms with Crippen molar-refractivity contribution >= 4 is 0 Å². The van der Waals surface area contributed by atoms with Crippen LogP contribution in [0.2, 0.25) is 0 Å². The van der Waals surface area contributed by atoms with Gasteiger partial charge in [-0.3, -0.25) is 0 Å². The molecule has 0 aromatic heterocycles. The average Bonchev–Trinajstić information content (AvgIpc) is 2.26. The molecule has 0 amide bonds. The van der Waals surface area contributed by atoms with Crippen LogP contribution in [0.25, 0.3) is 0 Å². The normalized spacial score (nSPS) is 13.1. The van der Waals surface area contributed by atoms with E-state index in [1.807, 2.05) is 25.1 Å². The van der Waals surface area contributed by atoms with Gasteiger partial charge in [0.25, 0.3) is 0 Å². The van der Waals surface area contributed by atoms with Crippen molar-refractivity contribution in [3.8, 4) is 5.75 Å². The van der Waals surface area contributed by atoms with Crippen LogP contribution in [-0.4, -0.2) is 40.9 Å². The molecule has 4 nitrogen and oxygen atoms in total. The summed E-state index contributed by atoms with van der Waals surface area (Å²) in [7, 11) is 3.87. The number of nitrogens with zero attached hydrogens (tertiary/aromatic N) is 1.